The number of nitrogen functional groups attached to an aromatic ring is 1. The van der Waals surface area contributed by atoms with Gasteiger partial charge in [0.2, 0.25) is 0 Å². The van der Waals surface area contributed by atoms with E-state index >= 15 is 0 Å². The van der Waals surface area contributed by atoms with Crippen LogP contribution in [-0.2, 0) is 11.3 Å². The number of nitrogens with one attached hydrogen (secondary N) is 1. The SMILES string of the molecule is Nc1cc(-c2nc(C(=O)Nc3cc4cn(CCN5CCOCC5)nc4cc3-c3ccc(F)cc3)cs2)ccn1. The van der Waals surface area contributed by atoms with Crippen molar-refractivity contribution in [1.82, 2.24) is 24.6 Å². The molecule has 3 aromatic heterocycles. The minimum atomic E-state index is -0.345. The van der Waals surface area contributed by atoms with Gasteiger partial charge in [0, 0.05) is 59.6 Å². The number of halogens is 1. The number of aromatic nitrogens is 4. The number of benzene rings is 2. The summed E-state index contributed by atoms with van der Waals surface area (Å²) in [5.74, 6) is -0.289. The van der Waals surface area contributed by atoms with Crippen molar-refractivity contribution >= 4 is 39.7 Å². The number of hydrogen-bond donors (Lipinski definition) is 2. The fourth-order valence-electron chi connectivity index (χ4n) is 4.56. The zero-order chi connectivity index (χ0) is 26.8. The maximum Gasteiger partial charge on any atom is 0.275 e. The van der Waals surface area contributed by atoms with E-state index in [4.69, 9.17) is 15.6 Å². The van der Waals surface area contributed by atoms with Gasteiger partial charge in [-0.15, -0.1) is 11.3 Å². The number of carbonyl (C=O) groups excluding carboxylic acids is 1. The summed E-state index contributed by atoms with van der Waals surface area (Å²) in [4.78, 5) is 24.2. The quantitative estimate of drug-likeness (QED) is 0.310. The zero-order valence-corrected chi connectivity index (χ0v) is 21.8. The van der Waals surface area contributed by atoms with Crippen LogP contribution in [0.15, 0.2) is 66.3 Å². The number of nitrogens with two attached hydrogens (primary N) is 1. The van der Waals surface area contributed by atoms with Gasteiger partial charge in [0.05, 0.1) is 25.3 Å². The molecule has 0 spiro atoms. The molecule has 0 aliphatic carbocycles. The Morgan fingerprint density at radius 1 is 1.08 bits per heavy atom. The van der Waals surface area contributed by atoms with E-state index in [9.17, 15) is 9.18 Å². The first-order valence-electron chi connectivity index (χ1n) is 12.6. The number of ether oxygens (including phenoxy) is 1. The van der Waals surface area contributed by atoms with Crippen LogP contribution in [0.4, 0.5) is 15.9 Å². The first-order valence-corrected chi connectivity index (χ1v) is 13.5. The molecule has 0 bridgehead atoms. The van der Waals surface area contributed by atoms with E-state index in [1.807, 2.05) is 23.0 Å². The molecule has 9 nitrogen and oxygen atoms in total. The molecule has 2 aromatic carbocycles. The van der Waals surface area contributed by atoms with Gasteiger partial charge in [0.1, 0.15) is 22.3 Å². The normalized spacial score (nSPS) is 14.1. The summed E-state index contributed by atoms with van der Waals surface area (Å²) >= 11 is 1.35. The molecule has 198 valence electrons. The molecule has 0 atom stereocenters. The first-order chi connectivity index (χ1) is 19.0. The highest BCUT2D eigenvalue weighted by Gasteiger charge is 2.17. The molecule has 0 unspecified atom stereocenters. The Morgan fingerprint density at radius 3 is 2.69 bits per heavy atom. The maximum absolute atomic E-state index is 13.7. The largest absolute Gasteiger partial charge is 0.384 e. The number of amides is 1. The fraction of sp³-hybridized carbons (Fsp3) is 0.214. The number of morpholine rings is 1. The van der Waals surface area contributed by atoms with Gasteiger partial charge in [-0.25, -0.2) is 14.4 Å². The average Bonchev–Trinajstić information content (AvgIpc) is 3.60. The van der Waals surface area contributed by atoms with E-state index < -0.39 is 0 Å². The summed E-state index contributed by atoms with van der Waals surface area (Å²) in [5.41, 5.74) is 9.78. The number of pyridine rings is 1. The average molecular weight is 544 g/mol. The van der Waals surface area contributed by atoms with E-state index in [1.165, 1.54) is 23.5 Å². The lowest BCUT2D eigenvalue weighted by molar-refractivity contribution is 0.0360. The summed E-state index contributed by atoms with van der Waals surface area (Å²) in [7, 11) is 0. The predicted octanol–water partition coefficient (Wildman–Crippen LogP) is 4.53. The smallest absolute Gasteiger partial charge is 0.275 e. The van der Waals surface area contributed by atoms with Crippen LogP contribution in [0.3, 0.4) is 0 Å². The van der Waals surface area contributed by atoms with Crippen LogP contribution in [-0.4, -0.2) is 63.4 Å². The fourth-order valence-corrected chi connectivity index (χ4v) is 5.35. The van der Waals surface area contributed by atoms with Crippen LogP contribution < -0.4 is 11.1 Å². The van der Waals surface area contributed by atoms with Gasteiger partial charge in [-0.1, -0.05) is 12.1 Å². The molecule has 1 saturated heterocycles. The third-order valence-corrected chi connectivity index (χ3v) is 7.50. The lowest BCUT2D eigenvalue weighted by Crippen LogP contribution is -2.38. The molecule has 1 fully saturated rings. The van der Waals surface area contributed by atoms with E-state index in [1.54, 1.807) is 35.8 Å². The van der Waals surface area contributed by atoms with Gasteiger partial charge < -0.3 is 15.8 Å². The van der Waals surface area contributed by atoms with Crippen LogP contribution >= 0.6 is 11.3 Å². The number of carbonyl (C=O) groups is 1. The maximum atomic E-state index is 13.7. The molecule has 4 heterocycles. The second-order valence-electron chi connectivity index (χ2n) is 9.27. The van der Waals surface area contributed by atoms with Crippen molar-refractivity contribution in [3.8, 4) is 21.7 Å². The summed E-state index contributed by atoms with van der Waals surface area (Å²) in [6.45, 7) is 4.95. The van der Waals surface area contributed by atoms with Gasteiger partial charge in [-0.3, -0.25) is 14.4 Å². The number of thiazole rings is 1. The molecule has 11 heteroatoms. The molecule has 3 N–H and O–H groups in total. The molecule has 0 saturated carbocycles. The van der Waals surface area contributed by atoms with E-state index in [-0.39, 0.29) is 17.4 Å². The van der Waals surface area contributed by atoms with E-state index in [2.05, 4.69) is 20.2 Å². The Balaban J connectivity index is 1.29. The monoisotopic (exact) mass is 543 g/mol. The molecule has 1 aliphatic heterocycles. The summed E-state index contributed by atoms with van der Waals surface area (Å²) < 4.78 is 21.0. The lowest BCUT2D eigenvalue weighted by atomic mass is 10.0. The molecule has 39 heavy (non-hydrogen) atoms. The molecule has 1 aliphatic rings. The van der Waals surface area contributed by atoms with Crippen molar-refractivity contribution in [2.75, 3.05) is 43.9 Å². The van der Waals surface area contributed by atoms with E-state index in [0.717, 1.165) is 67.0 Å². The number of nitrogens with zero attached hydrogens (tertiary/aromatic N) is 5. The zero-order valence-electron chi connectivity index (χ0n) is 21.0. The summed E-state index contributed by atoms with van der Waals surface area (Å²) in [6.07, 6.45) is 3.59. The van der Waals surface area contributed by atoms with Crippen molar-refractivity contribution in [2.24, 2.45) is 0 Å². The van der Waals surface area contributed by atoms with Crippen molar-refractivity contribution in [1.29, 1.82) is 0 Å². The lowest BCUT2D eigenvalue weighted by Gasteiger charge is -2.26. The van der Waals surface area contributed by atoms with Gasteiger partial charge in [-0.05, 0) is 42.0 Å². The number of fused-ring (bicyclic) bond motifs is 1. The number of anilines is 2. The first kappa shape index (κ1) is 25.1. The molecule has 6 rings (SSSR count). The van der Waals surface area contributed by atoms with Crippen molar-refractivity contribution < 1.29 is 13.9 Å². The standard InChI is InChI=1S/C28H26FN7O2S/c29-21-3-1-18(2-4-21)22-15-23-20(16-36(34-23)8-7-35-9-11-38-12-10-35)13-24(22)32-27(37)25-17-39-28(33-25)19-5-6-31-26(30)14-19/h1-6,13-17H,7-12H2,(H2,30,31)(H,32,37). The van der Waals surface area contributed by atoms with Crippen LogP contribution in [0.1, 0.15) is 10.5 Å². The molecular weight excluding hydrogens is 517 g/mol. The predicted molar refractivity (Wildman–Crippen MR) is 150 cm³/mol. The highest BCUT2D eigenvalue weighted by atomic mass is 32.1. The highest BCUT2D eigenvalue weighted by Crippen LogP contribution is 2.33. The Labute approximate surface area is 228 Å². The Kier molecular flexibility index (Phi) is 7.01. The second-order valence-corrected chi connectivity index (χ2v) is 10.1. The van der Waals surface area contributed by atoms with Crippen LogP contribution in [0.5, 0.6) is 0 Å². The Morgan fingerprint density at radius 2 is 1.90 bits per heavy atom. The van der Waals surface area contributed by atoms with Gasteiger partial charge in [-0.2, -0.15) is 5.10 Å². The summed E-state index contributed by atoms with van der Waals surface area (Å²) in [5, 5.41) is 11.1. The van der Waals surface area contributed by atoms with Gasteiger partial charge in [0.25, 0.3) is 5.91 Å². The van der Waals surface area contributed by atoms with Gasteiger partial charge in [0.15, 0.2) is 0 Å². The van der Waals surface area contributed by atoms with Crippen molar-refractivity contribution in [3.05, 3.63) is 77.8 Å². The second kappa shape index (κ2) is 10.9. The third kappa shape index (κ3) is 5.65. The molecular formula is C28H26FN7O2S. The number of rotatable bonds is 7. The molecule has 5 aromatic rings. The Hall–Kier alpha value is -4.19. The molecule has 0 radical (unpaired) electrons. The van der Waals surface area contributed by atoms with Crippen LogP contribution in [0.25, 0.3) is 32.6 Å². The van der Waals surface area contributed by atoms with Crippen LogP contribution in [0, 0.1) is 5.82 Å². The minimum absolute atomic E-state index is 0.289. The minimum Gasteiger partial charge on any atom is -0.384 e. The van der Waals surface area contributed by atoms with Crippen LogP contribution in [0.2, 0.25) is 0 Å². The Bertz CT molecular complexity index is 1630. The van der Waals surface area contributed by atoms with Crippen molar-refractivity contribution in [3.63, 3.8) is 0 Å². The summed E-state index contributed by atoms with van der Waals surface area (Å²) in [6, 6.07) is 13.5. The number of hydrogen-bond acceptors (Lipinski definition) is 8. The van der Waals surface area contributed by atoms with Crippen molar-refractivity contribution in [2.45, 2.75) is 6.54 Å². The topological polar surface area (TPSA) is 111 Å². The highest BCUT2D eigenvalue weighted by molar-refractivity contribution is 7.13. The third-order valence-electron chi connectivity index (χ3n) is 6.61. The van der Waals surface area contributed by atoms with E-state index in [0.29, 0.717) is 16.5 Å². The van der Waals surface area contributed by atoms with Gasteiger partial charge >= 0.3 is 0 Å². The molecule has 1 amide bonds.